The van der Waals surface area contributed by atoms with E-state index in [1.807, 2.05) is 18.6 Å². The van der Waals surface area contributed by atoms with Crippen LogP contribution in [-0.2, 0) is 14.8 Å². The number of carbonyl (C=O) groups excluding carboxylic acids is 1. The topological polar surface area (TPSA) is 140 Å². The van der Waals surface area contributed by atoms with Crippen LogP contribution in [0.4, 0.5) is 25.2 Å². The van der Waals surface area contributed by atoms with Crippen LogP contribution < -0.4 is 15.4 Å². The molecule has 0 atom stereocenters. The summed E-state index contributed by atoms with van der Waals surface area (Å²) in [5, 5.41) is 10.0. The smallest absolute Gasteiger partial charge is 0.408 e. The van der Waals surface area contributed by atoms with E-state index in [1.165, 1.54) is 19.4 Å². The fourth-order valence-corrected chi connectivity index (χ4v) is 3.80. The molecule has 0 aliphatic carbocycles. The Bertz CT molecular complexity index is 1390. The fourth-order valence-electron chi connectivity index (χ4n) is 3.24. The third-order valence-corrected chi connectivity index (χ3v) is 5.43. The number of methoxy groups -OCH3 is 1. The zero-order valence-corrected chi connectivity index (χ0v) is 21.4. The second kappa shape index (κ2) is 10.0. The highest BCUT2D eigenvalue weighted by Crippen LogP contribution is 2.36. The van der Waals surface area contributed by atoms with Crippen molar-refractivity contribution in [2.24, 2.45) is 0 Å². The van der Waals surface area contributed by atoms with Gasteiger partial charge in [0.15, 0.2) is 5.82 Å². The van der Waals surface area contributed by atoms with Gasteiger partial charge >= 0.3 is 6.09 Å². The van der Waals surface area contributed by atoms with Crippen molar-refractivity contribution in [2.45, 2.75) is 39.4 Å². The van der Waals surface area contributed by atoms with E-state index in [1.54, 1.807) is 30.8 Å². The van der Waals surface area contributed by atoms with Crippen molar-refractivity contribution >= 4 is 27.8 Å². The van der Waals surface area contributed by atoms with Gasteiger partial charge in [-0.25, -0.2) is 32.0 Å². The molecule has 0 radical (unpaired) electrons. The van der Waals surface area contributed by atoms with Gasteiger partial charge in [-0.05, 0) is 45.9 Å². The monoisotopic (exact) mass is 523 g/mol. The number of anilines is 2. The molecule has 3 aromatic rings. The van der Waals surface area contributed by atoms with E-state index >= 15 is 4.39 Å². The van der Waals surface area contributed by atoms with Crippen molar-refractivity contribution in [3.63, 3.8) is 0 Å². The first-order valence-corrected chi connectivity index (χ1v) is 12.6. The maximum atomic E-state index is 15.4. The number of rotatable bonds is 8. The van der Waals surface area contributed by atoms with Crippen molar-refractivity contribution in [2.75, 3.05) is 23.4 Å². The van der Waals surface area contributed by atoms with E-state index < -0.39 is 39.1 Å². The maximum absolute atomic E-state index is 15.4. The highest BCUT2D eigenvalue weighted by molar-refractivity contribution is 7.92. The number of halogens is 2. The minimum absolute atomic E-state index is 0.114. The lowest BCUT2D eigenvalue weighted by Gasteiger charge is -2.26. The van der Waals surface area contributed by atoms with Crippen molar-refractivity contribution < 1.29 is 26.7 Å². The van der Waals surface area contributed by atoms with Gasteiger partial charge in [0.05, 0.1) is 19.1 Å². The highest BCUT2D eigenvalue weighted by atomic mass is 32.2. The quantitative estimate of drug-likeness (QED) is 0.379. The summed E-state index contributed by atoms with van der Waals surface area (Å²) < 4.78 is 61.1. The summed E-state index contributed by atoms with van der Waals surface area (Å²) in [7, 11) is -2.71. The van der Waals surface area contributed by atoms with Gasteiger partial charge in [-0.15, -0.1) is 0 Å². The number of benzene rings is 1. The second-order valence-corrected chi connectivity index (χ2v) is 10.5. The number of hydrogen-bond acceptors (Lipinski definition) is 8. The van der Waals surface area contributed by atoms with E-state index in [2.05, 4.69) is 30.4 Å². The molecular weight excluding hydrogens is 496 g/mol. The zero-order valence-electron chi connectivity index (χ0n) is 20.6. The van der Waals surface area contributed by atoms with Crippen LogP contribution in [0.15, 0.2) is 30.6 Å². The Hall–Kier alpha value is -3.81. The molecule has 14 heteroatoms. The average molecular weight is 524 g/mol. The van der Waals surface area contributed by atoms with E-state index in [4.69, 9.17) is 0 Å². The van der Waals surface area contributed by atoms with Crippen molar-refractivity contribution in [1.82, 2.24) is 25.1 Å². The number of sulfonamides is 1. The molecule has 36 heavy (non-hydrogen) atoms. The van der Waals surface area contributed by atoms with Gasteiger partial charge in [0.1, 0.15) is 22.9 Å². The van der Waals surface area contributed by atoms with E-state index in [9.17, 15) is 17.6 Å². The third-order valence-electron chi connectivity index (χ3n) is 4.85. The first-order chi connectivity index (χ1) is 16.7. The van der Waals surface area contributed by atoms with E-state index in [-0.39, 0.29) is 23.2 Å². The van der Waals surface area contributed by atoms with Crippen molar-refractivity contribution in [1.29, 1.82) is 0 Å². The molecule has 11 nitrogen and oxygen atoms in total. The molecule has 0 saturated heterocycles. The predicted octanol–water partition coefficient (Wildman–Crippen LogP) is 3.74. The molecule has 0 fully saturated rings. The van der Waals surface area contributed by atoms with Gasteiger partial charge in [-0.1, -0.05) is 0 Å². The molecule has 0 spiro atoms. The van der Waals surface area contributed by atoms with Crippen LogP contribution in [0.5, 0.6) is 0 Å². The Morgan fingerprint density at radius 3 is 2.47 bits per heavy atom. The fraction of sp³-hybridized carbons (Fsp3) is 0.364. The summed E-state index contributed by atoms with van der Waals surface area (Å²) in [6.07, 6.45) is 3.25. The molecule has 1 amide bonds. The molecule has 1 aromatic carbocycles. The minimum Gasteiger partial charge on any atom is -0.453 e. The molecule has 194 valence electrons. The number of aromatic nitrogens is 4. The van der Waals surface area contributed by atoms with Crippen LogP contribution in [0.3, 0.4) is 0 Å². The van der Waals surface area contributed by atoms with Crippen LogP contribution in [-0.4, -0.2) is 53.3 Å². The number of ether oxygens (including phenoxy) is 1. The van der Waals surface area contributed by atoms with Crippen molar-refractivity contribution in [3.05, 3.63) is 42.2 Å². The number of nitrogens with zero attached hydrogens (tertiary/aromatic N) is 4. The maximum Gasteiger partial charge on any atom is 0.408 e. The standard InChI is InChI=1S/C22H27F2N7O4S/c1-12(2)31-11-14(16-9-10-25-20(26-16)27-22(3,4)28-21(32)35-5)18(29-31)13-7-8-15(23)19(17(13)24)30-36(6,33)34/h7-12,30H,1-6H3,(H,28,32)(H,25,26,27). The summed E-state index contributed by atoms with van der Waals surface area (Å²) in [6, 6.07) is 3.60. The summed E-state index contributed by atoms with van der Waals surface area (Å²) in [5.41, 5.74) is -1.05. The Balaban J connectivity index is 2.11. The number of hydrogen-bond donors (Lipinski definition) is 3. The van der Waals surface area contributed by atoms with Gasteiger partial charge in [0.25, 0.3) is 0 Å². The SMILES string of the molecule is COC(=O)NC(C)(C)Nc1nccc(-c2cn(C(C)C)nc2-c2ccc(F)c(NS(C)(=O)=O)c2F)n1. The molecule has 0 bridgehead atoms. The summed E-state index contributed by atoms with van der Waals surface area (Å²) in [5.74, 6) is -2.04. The normalized spacial score (nSPS) is 11.9. The number of amides is 1. The van der Waals surface area contributed by atoms with Crippen LogP contribution >= 0.6 is 0 Å². The van der Waals surface area contributed by atoms with Crippen LogP contribution in [0.25, 0.3) is 22.5 Å². The Labute approximate surface area is 207 Å². The number of nitrogens with one attached hydrogen (secondary N) is 3. The predicted molar refractivity (Wildman–Crippen MR) is 131 cm³/mol. The molecule has 3 N–H and O–H groups in total. The Kier molecular flexibility index (Phi) is 7.48. The lowest BCUT2D eigenvalue weighted by molar-refractivity contribution is 0.162. The Morgan fingerprint density at radius 1 is 1.17 bits per heavy atom. The largest absolute Gasteiger partial charge is 0.453 e. The van der Waals surface area contributed by atoms with Gasteiger partial charge in [-0.2, -0.15) is 5.10 Å². The summed E-state index contributed by atoms with van der Waals surface area (Å²) in [4.78, 5) is 20.3. The van der Waals surface area contributed by atoms with Crippen molar-refractivity contribution in [3.8, 4) is 22.5 Å². The summed E-state index contributed by atoms with van der Waals surface area (Å²) in [6.45, 7) is 7.08. The highest BCUT2D eigenvalue weighted by Gasteiger charge is 2.25. The lowest BCUT2D eigenvalue weighted by atomic mass is 10.0. The van der Waals surface area contributed by atoms with Gasteiger partial charge in [-0.3, -0.25) is 14.7 Å². The molecule has 0 unspecified atom stereocenters. The van der Waals surface area contributed by atoms with Gasteiger partial charge in [0, 0.05) is 29.6 Å². The zero-order chi connectivity index (χ0) is 26.8. The van der Waals surface area contributed by atoms with E-state index in [0.717, 1.165) is 12.3 Å². The molecular formula is C22H27F2N7O4S. The lowest BCUT2D eigenvalue weighted by Crippen LogP contribution is -2.49. The van der Waals surface area contributed by atoms with Crippen LogP contribution in [0.2, 0.25) is 0 Å². The van der Waals surface area contributed by atoms with Gasteiger partial charge in [0.2, 0.25) is 16.0 Å². The molecule has 2 heterocycles. The summed E-state index contributed by atoms with van der Waals surface area (Å²) >= 11 is 0. The van der Waals surface area contributed by atoms with Crippen LogP contribution in [0, 0.1) is 11.6 Å². The average Bonchev–Trinajstić information content (AvgIpc) is 3.21. The molecule has 0 aliphatic rings. The molecule has 0 aliphatic heterocycles. The third kappa shape index (κ3) is 6.24. The van der Waals surface area contributed by atoms with Crippen LogP contribution in [0.1, 0.15) is 33.7 Å². The molecule has 3 rings (SSSR count). The second-order valence-electron chi connectivity index (χ2n) is 8.76. The minimum atomic E-state index is -3.95. The number of carbonyl (C=O) groups is 1. The Morgan fingerprint density at radius 2 is 1.86 bits per heavy atom. The first kappa shape index (κ1) is 26.8. The first-order valence-electron chi connectivity index (χ1n) is 10.7. The molecule has 0 saturated carbocycles. The van der Waals surface area contributed by atoms with Gasteiger partial charge < -0.3 is 10.1 Å². The number of alkyl carbamates (subject to hydrolysis) is 1. The van der Waals surface area contributed by atoms with E-state index in [0.29, 0.717) is 11.3 Å². The molecule has 2 aromatic heterocycles.